The van der Waals surface area contributed by atoms with Gasteiger partial charge in [-0.2, -0.15) is 0 Å². The third-order valence-electron chi connectivity index (χ3n) is 3.23. The molecule has 1 N–H and O–H groups in total. The molecular weight excluding hydrogens is 291 g/mol. The Balaban J connectivity index is 1.90. The molecule has 0 fully saturated rings. The molecule has 2 aromatic heterocycles. The Bertz CT molecular complexity index is 732. The summed E-state index contributed by atoms with van der Waals surface area (Å²) in [7, 11) is 1.95. The molecule has 0 bridgehead atoms. The van der Waals surface area contributed by atoms with Gasteiger partial charge in [-0.15, -0.1) is 22.7 Å². The molecule has 0 amide bonds. The molecule has 20 heavy (non-hydrogen) atoms. The Morgan fingerprint density at radius 1 is 1.35 bits per heavy atom. The highest BCUT2D eigenvalue weighted by molar-refractivity contribution is 7.19. The molecule has 0 saturated heterocycles. The SMILES string of the molecule is CNC(Cc1nc(C)cs1)c1cc2cc(F)ccc2s1. The van der Waals surface area contributed by atoms with Gasteiger partial charge in [-0.1, -0.05) is 0 Å². The number of hydrogen-bond acceptors (Lipinski definition) is 4. The van der Waals surface area contributed by atoms with Gasteiger partial charge in [0.2, 0.25) is 0 Å². The van der Waals surface area contributed by atoms with Crippen LogP contribution >= 0.6 is 22.7 Å². The van der Waals surface area contributed by atoms with Crippen molar-refractivity contribution in [3.8, 4) is 0 Å². The van der Waals surface area contributed by atoms with Gasteiger partial charge in [-0.3, -0.25) is 0 Å². The highest BCUT2D eigenvalue weighted by atomic mass is 32.1. The number of halogens is 1. The van der Waals surface area contributed by atoms with E-state index < -0.39 is 0 Å². The molecule has 1 unspecified atom stereocenters. The molecule has 0 aliphatic heterocycles. The molecule has 2 heterocycles. The molecule has 0 spiro atoms. The molecule has 5 heteroatoms. The first-order valence-electron chi connectivity index (χ1n) is 6.43. The number of rotatable bonds is 4. The van der Waals surface area contributed by atoms with Crippen LogP contribution in [0, 0.1) is 12.7 Å². The molecular formula is C15H15FN2S2. The molecule has 2 nitrogen and oxygen atoms in total. The number of aromatic nitrogens is 1. The van der Waals surface area contributed by atoms with Crippen LogP contribution in [0.3, 0.4) is 0 Å². The number of thiophene rings is 1. The number of hydrogen-bond donors (Lipinski definition) is 1. The van der Waals surface area contributed by atoms with Crippen molar-refractivity contribution in [3.63, 3.8) is 0 Å². The maximum atomic E-state index is 13.3. The first kappa shape index (κ1) is 13.7. The zero-order valence-corrected chi connectivity index (χ0v) is 12.9. The minimum Gasteiger partial charge on any atom is -0.312 e. The van der Waals surface area contributed by atoms with Gasteiger partial charge in [-0.05, 0) is 43.6 Å². The third-order valence-corrected chi connectivity index (χ3v) is 5.45. The molecule has 3 aromatic rings. The highest BCUT2D eigenvalue weighted by Gasteiger charge is 2.15. The van der Waals surface area contributed by atoms with E-state index >= 15 is 0 Å². The summed E-state index contributed by atoms with van der Waals surface area (Å²) in [5.41, 5.74) is 1.07. The highest BCUT2D eigenvalue weighted by Crippen LogP contribution is 2.32. The Morgan fingerprint density at radius 2 is 2.20 bits per heavy atom. The lowest BCUT2D eigenvalue weighted by Crippen LogP contribution is -2.17. The summed E-state index contributed by atoms with van der Waals surface area (Å²) in [6.45, 7) is 2.01. The minimum absolute atomic E-state index is 0.182. The summed E-state index contributed by atoms with van der Waals surface area (Å²) in [5, 5.41) is 7.51. The summed E-state index contributed by atoms with van der Waals surface area (Å²) in [6, 6.07) is 7.25. The molecule has 104 valence electrons. The number of nitrogens with zero attached hydrogens (tertiary/aromatic N) is 1. The van der Waals surface area contributed by atoms with E-state index in [0.29, 0.717) is 0 Å². The monoisotopic (exact) mass is 306 g/mol. The van der Waals surface area contributed by atoms with E-state index in [1.165, 1.54) is 10.9 Å². The summed E-state index contributed by atoms with van der Waals surface area (Å²) < 4.78 is 14.4. The van der Waals surface area contributed by atoms with Crippen LogP contribution in [0.4, 0.5) is 4.39 Å². The second-order valence-electron chi connectivity index (χ2n) is 4.76. The molecule has 1 aromatic carbocycles. The average Bonchev–Trinajstić information content (AvgIpc) is 3.01. The Labute approximate surface area is 125 Å². The van der Waals surface area contributed by atoms with Crippen molar-refractivity contribution in [2.75, 3.05) is 7.05 Å². The van der Waals surface area contributed by atoms with E-state index in [0.717, 1.165) is 27.2 Å². The number of benzene rings is 1. The predicted molar refractivity (Wildman–Crippen MR) is 84.1 cm³/mol. The van der Waals surface area contributed by atoms with E-state index in [9.17, 15) is 4.39 Å². The van der Waals surface area contributed by atoms with Crippen molar-refractivity contribution in [2.45, 2.75) is 19.4 Å². The number of thiazole rings is 1. The van der Waals surface area contributed by atoms with E-state index in [4.69, 9.17) is 0 Å². The third kappa shape index (κ3) is 2.75. The van der Waals surface area contributed by atoms with Crippen molar-refractivity contribution < 1.29 is 4.39 Å². The first-order chi connectivity index (χ1) is 9.65. The minimum atomic E-state index is -0.182. The van der Waals surface area contributed by atoms with Gasteiger partial charge in [0, 0.05) is 33.1 Å². The van der Waals surface area contributed by atoms with Gasteiger partial charge in [0.25, 0.3) is 0 Å². The lowest BCUT2D eigenvalue weighted by molar-refractivity contribution is 0.600. The Kier molecular flexibility index (Phi) is 3.83. The van der Waals surface area contributed by atoms with Crippen molar-refractivity contribution in [1.82, 2.24) is 10.3 Å². The van der Waals surface area contributed by atoms with Gasteiger partial charge in [-0.25, -0.2) is 9.37 Å². The van der Waals surface area contributed by atoms with Gasteiger partial charge in [0.1, 0.15) is 5.82 Å². The van der Waals surface area contributed by atoms with Crippen molar-refractivity contribution in [2.24, 2.45) is 0 Å². The smallest absolute Gasteiger partial charge is 0.123 e. The van der Waals surface area contributed by atoms with Crippen LogP contribution in [0.2, 0.25) is 0 Å². The van der Waals surface area contributed by atoms with Crippen LogP contribution in [0.25, 0.3) is 10.1 Å². The van der Waals surface area contributed by atoms with Gasteiger partial charge >= 0.3 is 0 Å². The van der Waals surface area contributed by atoms with Crippen LogP contribution in [-0.2, 0) is 6.42 Å². The number of nitrogens with one attached hydrogen (secondary N) is 1. The summed E-state index contributed by atoms with van der Waals surface area (Å²) in [4.78, 5) is 5.74. The van der Waals surface area contributed by atoms with Crippen molar-refractivity contribution >= 4 is 32.8 Å². The summed E-state index contributed by atoms with van der Waals surface area (Å²) in [5.74, 6) is -0.182. The van der Waals surface area contributed by atoms with E-state index in [1.807, 2.05) is 20.0 Å². The van der Waals surface area contributed by atoms with E-state index in [1.54, 1.807) is 28.7 Å². The predicted octanol–water partition coefficient (Wildman–Crippen LogP) is 4.31. The maximum Gasteiger partial charge on any atom is 0.123 e. The van der Waals surface area contributed by atoms with E-state index in [2.05, 4.69) is 21.7 Å². The van der Waals surface area contributed by atoms with Gasteiger partial charge < -0.3 is 5.32 Å². The van der Waals surface area contributed by atoms with E-state index in [-0.39, 0.29) is 11.9 Å². The quantitative estimate of drug-likeness (QED) is 0.777. The molecule has 1 atom stereocenters. The maximum absolute atomic E-state index is 13.3. The van der Waals surface area contributed by atoms with Crippen LogP contribution < -0.4 is 5.32 Å². The van der Waals surface area contributed by atoms with Crippen LogP contribution in [-0.4, -0.2) is 12.0 Å². The number of likely N-dealkylation sites (N-methyl/N-ethyl adjacent to an activating group) is 1. The lowest BCUT2D eigenvalue weighted by Gasteiger charge is -2.12. The Morgan fingerprint density at radius 3 is 2.90 bits per heavy atom. The summed E-state index contributed by atoms with van der Waals surface area (Å²) in [6.07, 6.45) is 0.865. The zero-order valence-electron chi connectivity index (χ0n) is 11.3. The second kappa shape index (κ2) is 5.60. The first-order valence-corrected chi connectivity index (χ1v) is 8.12. The zero-order chi connectivity index (χ0) is 14.1. The number of fused-ring (bicyclic) bond motifs is 1. The Hall–Kier alpha value is -1.30. The van der Waals surface area contributed by atoms with Crippen molar-refractivity contribution in [3.05, 3.63) is 51.0 Å². The fraction of sp³-hybridized carbons (Fsp3) is 0.267. The topological polar surface area (TPSA) is 24.9 Å². The van der Waals surface area contributed by atoms with Crippen LogP contribution in [0.15, 0.2) is 29.6 Å². The second-order valence-corrected chi connectivity index (χ2v) is 6.82. The van der Waals surface area contributed by atoms with Gasteiger partial charge in [0.05, 0.1) is 5.01 Å². The normalized spacial score (nSPS) is 12.9. The average molecular weight is 306 g/mol. The van der Waals surface area contributed by atoms with Crippen LogP contribution in [0.5, 0.6) is 0 Å². The fourth-order valence-electron chi connectivity index (χ4n) is 2.22. The standard InChI is InChI=1S/C15H15FN2S2/c1-9-8-19-15(18-9)7-12(17-2)14-6-10-5-11(16)3-4-13(10)20-14/h3-6,8,12,17H,7H2,1-2H3. The largest absolute Gasteiger partial charge is 0.312 e. The molecule has 3 rings (SSSR count). The van der Waals surface area contributed by atoms with Crippen LogP contribution in [0.1, 0.15) is 21.6 Å². The molecule has 0 aliphatic carbocycles. The summed E-state index contributed by atoms with van der Waals surface area (Å²) >= 11 is 3.40. The van der Waals surface area contributed by atoms with Gasteiger partial charge in [0.15, 0.2) is 0 Å². The molecule has 0 radical (unpaired) electrons. The molecule has 0 aliphatic rings. The lowest BCUT2D eigenvalue weighted by atomic mass is 10.1. The fourth-order valence-corrected chi connectivity index (χ4v) is 4.20. The van der Waals surface area contributed by atoms with Crippen molar-refractivity contribution in [1.29, 1.82) is 0 Å². The number of aryl methyl sites for hydroxylation is 1. The molecule has 0 saturated carbocycles.